The highest BCUT2D eigenvalue weighted by atomic mass is 32.1. The number of rotatable bonds is 4. The van der Waals surface area contributed by atoms with Gasteiger partial charge in [0.15, 0.2) is 0 Å². The molecule has 3 amide bonds. The second kappa shape index (κ2) is 8.66. The van der Waals surface area contributed by atoms with Gasteiger partial charge in [-0.2, -0.15) is 11.3 Å². The van der Waals surface area contributed by atoms with E-state index < -0.39 is 18.0 Å². The van der Waals surface area contributed by atoms with Crippen LogP contribution in [0, 0.1) is 0 Å². The second-order valence-corrected chi connectivity index (χ2v) is 6.86. The molecule has 1 saturated heterocycles. The molecule has 1 aromatic carbocycles. The van der Waals surface area contributed by atoms with Crippen LogP contribution in [0.2, 0.25) is 0 Å². The van der Waals surface area contributed by atoms with Crippen LogP contribution in [-0.2, 0) is 4.74 Å². The number of likely N-dealkylation sites (tertiary alicyclic amines) is 1. The summed E-state index contributed by atoms with van der Waals surface area (Å²) < 4.78 is 4.78. The van der Waals surface area contributed by atoms with Crippen LogP contribution >= 0.6 is 11.3 Å². The molecule has 0 bridgehead atoms. The third kappa shape index (κ3) is 4.37. The molecule has 8 nitrogen and oxygen atoms in total. The van der Waals surface area contributed by atoms with Crippen LogP contribution in [0.1, 0.15) is 44.4 Å². The first-order chi connectivity index (χ1) is 13.5. The Hall–Kier alpha value is -3.20. The predicted molar refractivity (Wildman–Crippen MR) is 102 cm³/mol. The summed E-state index contributed by atoms with van der Waals surface area (Å²) in [6.45, 7) is 3.14. The van der Waals surface area contributed by atoms with Gasteiger partial charge in [0.2, 0.25) is 0 Å². The van der Waals surface area contributed by atoms with E-state index in [4.69, 9.17) is 4.74 Å². The summed E-state index contributed by atoms with van der Waals surface area (Å²) in [5.41, 5.74) is 3.30. The topological polar surface area (TPSA) is 96.0 Å². The molecule has 1 fully saturated rings. The molecule has 1 aromatic heterocycles. The Balaban J connectivity index is 1.64. The van der Waals surface area contributed by atoms with Gasteiger partial charge in [0.1, 0.15) is 0 Å². The molecule has 2 heterocycles. The number of nitrogens with zero attached hydrogens (tertiary/aromatic N) is 2. The molecule has 0 aliphatic carbocycles. The Labute approximate surface area is 165 Å². The first-order valence-corrected chi connectivity index (χ1v) is 9.70. The molecular formula is C19H19N3O5S. The average Bonchev–Trinajstić information content (AvgIpc) is 3.19. The van der Waals surface area contributed by atoms with Crippen LogP contribution in [0.4, 0.5) is 4.79 Å². The Bertz CT molecular complexity index is 893. The lowest BCUT2D eigenvalue weighted by molar-refractivity contribution is 0.0470. The van der Waals surface area contributed by atoms with Crippen LogP contribution in [0.3, 0.4) is 0 Å². The number of amides is 3. The number of carbonyl (C=O) groups is 4. The predicted octanol–water partition coefficient (Wildman–Crippen LogP) is 2.54. The second-order valence-electron chi connectivity index (χ2n) is 6.08. The van der Waals surface area contributed by atoms with Crippen LogP contribution in [0.25, 0.3) is 0 Å². The van der Waals surface area contributed by atoms with Crippen molar-refractivity contribution in [3.63, 3.8) is 0 Å². The van der Waals surface area contributed by atoms with Crippen molar-refractivity contribution < 1.29 is 23.9 Å². The van der Waals surface area contributed by atoms with E-state index in [0.717, 1.165) is 11.4 Å². The lowest BCUT2D eigenvalue weighted by Crippen LogP contribution is -2.47. The largest absolute Gasteiger partial charge is 0.436 e. The van der Waals surface area contributed by atoms with Crippen molar-refractivity contribution in [1.82, 2.24) is 15.3 Å². The van der Waals surface area contributed by atoms with Gasteiger partial charge in [0.25, 0.3) is 11.8 Å². The summed E-state index contributed by atoms with van der Waals surface area (Å²) in [5, 5.41) is 4.15. The van der Waals surface area contributed by atoms with E-state index in [9.17, 15) is 19.2 Å². The van der Waals surface area contributed by atoms with Gasteiger partial charge in [-0.05, 0) is 43.0 Å². The van der Waals surface area contributed by atoms with Gasteiger partial charge in [-0.15, -0.1) is 0 Å². The van der Waals surface area contributed by atoms with Gasteiger partial charge >= 0.3 is 12.1 Å². The monoisotopic (exact) mass is 401 g/mol. The highest BCUT2D eigenvalue weighted by Gasteiger charge is 2.24. The molecule has 28 heavy (non-hydrogen) atoms. The molecule has 146 valence electrons. The number of hydrogen-bond donors (Lipinski definition) is 1. The molecule has 0 radical (unpaired) electrons. The van der Waals surface area contributed by atoms with Gasteiger partial charge in [-0.1, -0.05) is 6.07 Å². The standard InChI is InChI=1S/C19H19N3O5S/c1-2-22(19(26)27-18(25)15-7-10-28-12-15)20-16(23)13-5-3-6-14(11-13)17(24)21-8-4-9-21/h3,5-7,10-12H,2,4,8-9H2,1H3,(H,20,23). The third-order valence-electron chi connectivity index (χ3n) is 4.22. The first kappa shape index (κ1) is 19.6. The highest BCUT2D eigenvalue weighted by Crippen LogP contribution is 2.14. The zero-order valence-corrected chi connectivity index (χ0v) is 16.0. The SMILES string of the molecule is CCN(NC(=O)c1cccc(C(=O)N2CCC2)c1)C(=O)OC(=O)c1ccsc1. The molecule has 9 heteroatoms. The Morgan fingerprint density at radius 1 is 1.14 bits per heavy atom. The lowest BCUT2D eigenvalue weighted by Gasteiger charge is -2.31. The smallest absolute Gasteiger partial charge is 0.371 e. The van der Waals surface area contributed by atoms with Gasteiger partial charge in [-0.25, -0.2) is 14.6 Å². The molecule has 1 N–H and O–H groups in total. The number of thiophene rings is 1. The average molecular weight is 401 g/mol. The molecule has 0 saturated carbocycles. The summed E-state index contributed by atoms with van der Waals surface area (Å²) in [6, 6.07) is 7.80. The molecule has 1 aliphatic rings. The van der Waals surface area contributed by atoms with E-state index in [1.165, 1.54) is 29.5 Å². The van der Waals surface area contributed by atoms with Crippen molar-refractivity contribution in [1.29, 1.82) is 0 Å². The van der Waals surface area contributed by atoms with Gasteiger partial charge in [-0.3, -0.25) is 15.0 Å². The number of benzene rings is 1. The molecule has 3 rings (SSSR count). The zero-order chi connectivity index (χ0) is 20.1. The van der Waals surface area contributed by atoms with Crippen LogP contribution in [-0.4, -0.2) is 53.4 Å². The fourth-order valence-corrected chi connectivity index (χ4v) is 3.14. The first-order valence-electron chi connectivity index (χ1n) is 8.75. The Morgan fingerprint density at radius 2 is 1.89 bits per heavy atom. The molecule has 0 spiro atoms. The molecule has 2 aromatic rings. The lowest BCUT2D eigenvalue weighted by atomic mass is 10.1. The van der Waals surface area contributed by atoms with Crippen LogP contribution in [0.15, 0.2) is 41.1 Å². The molecule has 0 unspecified atom stereocenters. The van der Waals surface area contributed by atoms with Gasteiger partial charge < -0.3 is 9.64 Å². The maximum Gasteiger partial charge on any atom is 0.436 e. The number of esters is 1. The molecule has 0 atom stereocenters. The van der Waals surface area contributed by atoms with E-state index in [-0.39, 0.29) is 23.6 Å². The Morgan fingerprint density at radius 3 is 2.50 bits per heavy atom. The summed E-state index contributed by atoms with van der Waals surface area (Å²) in [7, 11) is 0. The number of ether oxygens (including phenoxy) is 1. The zero-order valence-electron chi connectivity index (χ0n) is 15.2. The van der Waals surface area contributed by atoms with Crippen LogP contribution in [0.5, 0.6) is 0 Å². The van der Waals surface area contributed by atoms with Crippen molar-refractivity contribution in [2.45, 2.75) is 13.3 Å². The quantitative estimate of drug-likeness (QED) is 0.483. The van der Waals surface area contributed by atoms with Crippen LogP contribution < -0.4 is 5.43 Å². The minimum absolute atomic E-state index is 0.0912. The molecule has 1 aliphatic heterocycles. The number of hydrazine groups is 1. The number of nitrogens with one attached hydrogen (secondary N) is 1. The highest BCUT2D eigenvalue weighted by molar-refractivity contribution is 7.08. The summed E-state index contributed by atoms with van der Waals surface area (Å²) in [6.07, 6.45) is -0.0105. The van der Waals surface area contributed by atoms with Crippen molar-refractivity contribution in [3.8, 4) is 0 Å². The van der Waals surface area contributed by atoms with Gasteiger partial charge in [0, 0.05) is 36.1 Å². The minimum Gasteiger partial charge on any atom is -0.371 e. The maximum absolute atomic E-state index is 12.5. The molecular weight excluding hydrogens is 382 g/mol. The number of carbonyl (C=O) groups excluding carboxylic acids is 4. The van der Waals surface area contributed by atoms with E-state index in [1.807, 2.05) is 0 Å². The minimum atomic E-state index is -0.986. The van der Waals surface area contributed by atoms with Gasteiger partial charge in [0.05, 0.1) is 5.56 Å². The van der Waals surface area contributed by atoms with E-state index >= 15 is 0 Å². The van der Waals surface area contributed by atoms with Crippen molar-refractivity contribution in [2.75, 3.05) is 19.6 Å². The number of hydrogen-bond acceptors (Lipinski definition) is 6. The fraction of sp³-hybridized carbons (Fsp3) is 0.263. The van der Waals surface area contributed by atoms with E-state index in [1.54, 1.807) is 34.7 Å². The van der Waals surface area contributed by atoms with Crippen molar-refractivity contribution >= 4 is 35.2 Å². The normalized spacial score (nSPS) is 12.7. The van der Waals surface area contributed by atoms with Crippen molar-refractivity contribution in [2.24, 2.45) is 0 Å². The van der Waals surface area contributed by atoms with E-state index in [2.05, 4.69) is 5.43 Å². The summed E-state index contributed by atoms with van der Waals surface area (Å²) in [5.74, 6) is -1.50. The fourth-order valence-electron chi connectivity index (χ4n) is 2.51. The third-order valence-corrected chi connectivity index (χ3v) is 4.91. The Kier molecular flexibility index (Phi) is 6.05. The van der Waals surface area contributed by atoms with E-state index in [0.29, 0.717) is 18.7 Å². The summed E-state index contributed by atoms with van der Waals surface area (Å²) in [4.78, 5) is 50.5. The van der Waals surface area contributed by atoms with Crippen molar-refractivity contribution in [3.05, 3.63) is 57.8 Å². The maximum atomic E-state index is 12.5. The summed E-state index contributed by atoms with van der Waals surface area (Å²) >= 11 is 1.30.